The van der Waals surface area contributed by atoms with Crippen molar-refractivity contribution in [3.63, 3.8) is 0 Å². The second kappa shape index (κ2) is 15.6. The largest absolute Gasteiger partial charge is 0.428 e. The fourth-order valence-electron chi connectivity index (χ4n) is 3.91. The van der Waals surface area contributed by atoms with Gasteiger partial charge in [0.05, 0.1) is 6.42 Å². The monoisotopic (exact) mass is 493 g/mol. The zero-order valence-electron chi connectivity index (χ0n) is 23.0. The van der Waals surface area contributed by atoms with Crippen molar-refractivity contribution >= 4 is 17.6 Å². The smallest absolute Gasteiger partial charge is 0.333 e. The third kappa shape index (κ3) is 11.4. The molecule has 0 saturated carbocycles. The molecule has 0 radical (unpaired) electrons. The molecule has 2 rings (SSSR count). The first kappa shape index (κ1) is 30.7. The SMILES string of the molecule is CC.CC1=C(/C=C/C(C)=C/C=C/C(C)=C/C(=O)OCOC(=O)Cc2ccc(N)cc2)C(C)(C)CCC1. The van der Waals surface area contributed by atoms with E-state index in [0.717, 1.165) is 16.7 Å². The van der Waals surface area contributed by atoms with Gasteiger partial charge in [0.1, 0.15) is 0 Å². The molecule has 0 atom stereocenters. The van der Waals surface area contributed by atoms with E-state index in [0.29, 0.717) is 5.69 Å². The maximum Gasteiger partial charge on any atom is 0.333 e. The molecule has 196 valence electrons. The first-order chi connectivity index (χ1) is 17.1. The van der Waals surface area contributed by atoms with Crippen LogP contribution in [0.25, 0.3) is 0 Å². The van der Waals surface area contributed by atoms with Gasteiger partial charge in [0.2, 0.25) is 6.79 Å². The average Bonchev–Trinajstić information content (AvgIpc) is 2.81. The fourth-order valence-corrected chi connectivity index (χ4v) is 3.91. The molecule has 5 nitrogen and oxygen atoms in total. The summed E-state index contributed by atoms with van der Waals surface area (Å²) in [6.45, 7) is 14.3. The molecule has 1 aliphatic rings. The Balaban J connectivity index is 0.00000316. The average molecular weight is 494 g/mol. The lowest BCUT2D eigenvalue weighted by atomic mass is 9.72. The number of hydrogen-bond acceptors (Lipinski definition) is 5. The van der Waals surface area contributed by atoms with Gasteiger partial charge in [0, 0.05) is 11.8 Å². The van der Waals surface area contributed by atoms with Crippen LogP contribution in [0.5, 0.6) is 0 Å². The van der Waals surface area contributed by atoms with Crippen molar-refractivity contribution in [3.05, 3.63) is 88.6 Å². The molecule has 0 amide bonds. The van der Waals surface area contributed by atoms with E-state index in [4.69, 9.17) is 15.2 Å². The van der Waals surface area contributed by atoms with Gasteiger partial charge in [0.15, 0.2) is 0 Å². The topological polar surface area (TPSA) is 78.6 Å². The third-order valence-electron chi connectivity index (χ3n) is 5.87. The molecule has 5 heteroatoms. The summed E-state index contributed by atoms with van der Waals surface area (Å²) < 4.78 is 9.92. The highest BCUT2D eigenvalue weighted by Gasteiger charge is 2.26. The summed E-state index contributed by atoms with van der Waals surface area (Å²) in [5.41, 5.74) is 12.0. The minimum absolute atomic E-state index is 0.0872. The van der Waals surface area contributed by atoms with Crippen LogP contribution in [0.1, 0.15) is 73.3 Å². The molecule has 0 fully saturated rings. The Morgan fingerprint density at radius 3 is 2.33 bits per heavy atom. The summed E-state index contributed by atoms with van der Waals surface area (Å²) in [5.74, 6) is -1.04. The Morgan fingerprint density at radius 2 is 1.69 bits per heavy atom. The number of allylic oxidation sites excluding steroid dienone is 9. The summed E-state index contributed by atoms with van der Waals surface area (Å²) in [5, 5.41) is 0. The van der Waals surface area contributed by atoms with E-state index < -0.39 is 18.7 Å². The minimum atomic E-state index is -0.565. The fraction of sp³-hybridized carbons (Fsp3) is 0.419. The number of rotatable bonds is 9. The van der Waals surface area contributed by atoms with Crippen molar-refractivity contribution in [2.24, 2.45) is 5.41 Å². The van der Waals surface area contributed by atoms with E-state index >= 15 is 0 Å². The van der Waals surface area contributed by atoms with Crippen LogP contribution in [0.3, 0.4) is 0 Å². The summed E-state index contributed by atoms with van der Waals surface area (Å²) in [7, 11) is 0. The van der Waals surface area contributed by atoms with Crippen molar-refractivity contribution in [3.8, 4) is 0 Å². The molecule has 1 aromatic carbocycles. The molecule has 0 saturated heterocycles. The van der Waals surface area contributed by atoms with Crippen molar-refractivity contribution in [2.45, 2.75) is 74.1 Å². The molecule has 36 heavy (non-hydrogen) atoms. The summed E-state index contributed by atoms with van der Waals surface area (Å²) in [6, 6.07) is 6.93. The molecular weight excluding hydrogens is 450 g/mol. The van der Waals surface area contributed by atoms with Crippen molar-refractivity contribution in [1.82, 2.24) is 0 Å². The van der Waals surface area contributed by atoms with Crippen molar-refractivity contribution in [2.75, 3.05) is 12.5 Å². The lowest BCUT2D eigenvalue weighted by molar-refractivity contribution is -0.163. The molecule has 0 heterocycles. The summed E-state index contributed by atoms with van der Waals surface area (Å²) in [4.78, 5) is 23.8. The van der Waals surface area contributed by atoms with Gasteiger partial charge >= 0.3 is 11.9 Å². The van der Waals surface area contributed by atoms with Crippen molar-refractivity contribution < 1.29 is 19.1 Å². The number of nitrogens with two attached hydrogens (primary N) is 1. The zero-order valence-corrected chi connectivity index (χ0v) is 23.0. The van der Waals surface area contributed by atoms with Crippen LogP contribution in [-0.4, -0.2) is 18.7 Å². The standard InChI is InChI=1S/C29H37NO4.C2H6/c1-21(11-16-26-23(3)10-7-17-29(26,4)5)8-6-9-22(2)18-27(31)33-20-34-28(32)19-24-12-14-25(30)15-13-24;1-2/h6,8-9,11-16,18H,7,10,17,19-20,30H2,1-5H3;1-2H3/b9-6+,16-11+,21-8+,22-18+;. The quantitative estimate of drug-likeness (QED) is 0.127. The van der Waals surface area contributed by atoms with E-state index in [1.807, 2.05) is 39.0 Å². The van der Waals surface area contributed by atoms with Gasteiger partial charge in [-0.3, -0.25) is 4.79 Å². The first-order valence-corrected chi connectivity index (χ1v) is 12.7. The predicted octanol–water partition coefficient (Wildman–Crippen LogP) is 7.41. The highest BCUT2D eigenvalue weighted by Crippen LogP contribution is 2.40. The van der Waals surface area contributed by atoms with Gasteiger partial charge in [-0.25, -0.2) is 4.79 Å². The van der Waals surface area contributed by atoms with Crippen LogP contribution in [-0.2, 0) is 25.5 Å². The molecule has 1 aliphatic carbocycles. The molecule has 0 spiro atoms. The molecule has 2 N–H and O–H groups in total. The van der Waals surface area contributed by atoms with E-state index in [1.54, 1.807) is 24.3 Å². The third-order valence-corrected chi connectivity index (χ3v) is 5.87. The summed E-state index contributed by atoms with van der Waals surface area (Å²) in [6.07, 6.45) is 15.2. The number of carbonyl (C=O) groups excluding carboxylic acids is 2. The Kier molecular flexibility index (Phi) is 13.3. The minimum Gasteiger partial charge on any atom is -0.428 e. The lowest BCUT2D eigenvalue weighted by Gasteiger charge is -2.32. The van der Waals surface area contributed by atoms with Gasteiger partial charge in [-0.15, -0.1) is 0 Å². The number of nitrogen functional groups attached to an aromatic ring is 1. The Morgan fingerprint density at radius 1 is 1.03 bits per heavy atom. The van der Waals surface area contributed by atoms with Gasteiger partial charge < -0.3 is 15.2 Å². The highest BCUT2D eigenvalue weighted by atomic mass is 16.7. The predicted molar refractivity (Wildman–Crippen MR) is 149 cm³/mol. The van der Waals surface area contributed by atoms with Crippen LogP contribution < -0.4 is 5.73 Å². The highest BCUT2D eigenvalue weighted by molar-refractivity contribution is 5.83. The van der Waals surface area contributed by atoms with Crippen LogP contribution in [0.4, 0.5) is 5.69 Å². The number of benzene rings is 1. The van der Waals surface area contributed by atoms with E-state index in [1.165, 1.54) is 36.5 Å². The summed E-state index contributed by atoms with van der Waals surface area (Å²) >= 11 is 0. The van der Waals surface area contributed by atoms with E-state index in [-0.39, 0.29) is 11.8 Å². The first-order valence-electron chi connectivity index (χ1n) is 12.7. The zero-order chi connectivity index (χ0) is 27.1. The molecule has 0 bridgehead atoms. The molecular formula is C31H43NO4. The van der Waals surface area contributed by atoms with Gasteiger partial charge in [0.25, 0.3) is 0 Å². The Hall–Kier alpha value is -3.34. The van der Waals surface area contributed by atoms with Crippen LogP contribution >= 0.6 is 0 Å². The Labute approximate surface area is 217 Å². The second-order valence-corrected chi connectivity index (χ2v) is 9.44. The van der Waals surface area contributed by atoms with Crippen molar-refractivity contribution in [1.29, 1.82) is 0 Å². The van der Waals surface area contributed by atoms with Gasteiger partial charge in [-0.2, -0.15) is 0 Å². The molecule has 1 aromatic rings. The van der Waals surface area contributed by atoms with E-state index in [2.05, 4.69) is 39.8 Å². The number of esters is 2. The number of ether oxygens (including phenoxy) is 2. The number of hydrogen-bond donors (Lipinski definition) is 1. The van der Waals surface area contributed by atoms with Gasteiger partial charge in [-0.1, -0.05) is 81.4 Å². The maximum absolute atomic E-state index is 11.9. The Bertz CT molecular complexity index is 1020. The second-order valence-electron chi connectivity index (χ2n) is 9.44. The lowest BCUT2D eigenvalue weighted by Crippen LogP contribution is -2.19. The molecule has 0 aromatic heterocycles. The van der Waals surface area contributed by atoms with Crippen LogP contribution in [0, 0.1) is 5.41 Å². The number of anilines is 1. The van der Waals surface area contributed by atoms with Gasteiger partial charge in [-0.05, 0) is 74.3 Å². The normalized spacial score (nSPS) is 16.1. The molecule has 0 aliphatic heterocycles. The van der Waals surface area contributed by atoms with Crippen LogP contribution in [0.15, 0.2) is 83.0 Å². The maximum atomic E-state index is 11.9. The van der Waals surface area contributed by atoms with E-state index in [9.17, 15) is 9.59 Å². The number of carbonyl (C=O) groups is 2. The van der Waals surface area contributed by atoms with Crippen LogP contribution in [0.2, 0.25) is 0 Å². The molecule has 0 unspecified atom stereocenters.